The number of aliphatic imine (C=N–C) groups is 1. The third-order valence-corrected chi connectivity index (χ3v) is 8.96. The Labute approximate surface area is 194 Å². The molecule has 1 aliphatic carbocycles. The van der Waals surface area contributed by atoms with E-state index in [9.17, 15) is 0 Å². The van der Waals surface area contributed by atoms with E-state index in [0.717, 1.165) is 48.9 Å². The molecule has 0 bridgehead atoms. The first-order chi connectivity index (χ1) is 14.3. The molecule has 1 fully saturated rings. The summed E-state index contributed by atoms with van der Waals surface area (Å²) < 4.78 is 16.7. The summed E-state index contributed by atoms with van der Waals surface area (Å²) >= 11 is -0.731. The van der Waals surface area contributed by atoms with Crippen LogP contribution in [0.2, 0.25) is 0 Å². The quantitative estimate of drug-likeness (QED) is 0.231. The summed E-state index contributed by atoms with van der Waals surface area (Å²) in [5, 5.41) is 0. The van der Waals surface area contributed by atoms with Crippen molar-refractivity contribution in [1.29, 1.82) is 0 Å². The Morgan fingerprint density at radius 3 is 2.77 bits per heavy atom. The predicted molar refractivity (Wildman–Crippen MR) is 124 cm³/mol. The molecule has 30 heavy (non-hydrogen) atoms. The van der Waals surface area contributed by atoms with Gasteiger partial charge in [0.25, 0.3) is 0 Å². The standard InChI is InChI=1S/C15H23N4O.C7H16NO.Po/c1-4-12(5-6-15(20-3)7-8-15)9-17-13-11(2)18-10-19-14(13)16;1-4-5-9-6-7(2,3)8;/h9-10,12H,3-8H2,1-2H3,(H2,16,18,19);8H,4-6H2,1-3H3;/q;-1;+1. The minimum atomic E-state index is -0.731. The van der Waals surface area contributed by atoms with Crippen LogP contribution in [0.4, 0.5) is 11.5 Å². The van der Waals surface area contributed by atoms with Gasteiger partial charge in [-0.2, -0.15) is 0 Å². The van der Waals surface area contributed by atoms with Gasteiger partial charge in [-0.15, -0.1) is 0 Å². The topological polar surface area (TPSA) is 94.6 Å². The van der Waals surface area contributed by atoms with Crippen LogP contribution in [0.5, 0.6) is 0 Å². The van der Waals surface area contributed by atoms with Crippen LogP contribution in [-0.4, -0.2) is 68.7 Å². The zero-order valence-corrected chi connectivity index (χ0v) is 22.4. The average molecular weight is 615 g/mol. The summed E-state index contributed by atoms with van der Waals surface area (Å²) in [5.41, 5.74) is 7.60. The van der Waals surface area contributed by atoms with Gasteiger partial charge in [-0.05, 0) is 0 Å². The molecule has 1 atom stereocenters. The van der Waals surface area contributed by atoms with E-state index in [0.29, 0.717) is 17.4 Å². The van der Waals surface area contributed by atoms with Crippen LogP contribution in [0.3, 0.4) is 0 Å². The van der Waals surface area contributed by atoms with E-state index < -0.39 is 23.9 Å². The molecule has 1 unspecified atom stereocenters. The van der Waals surface area contributed by atoms with Crippen LogP contribution in [-0.2, 0) is 9.47 Å². The van der Waals surface area contributed by atoms with Gasteiger partial charge in [-0.1, -0.05) is 0 Å². The molecule has 0 aromatic carbocycles. The van der Waals surface area contributed by atoms with Crippen molar-refractivity contribution in [3.05, 3.63) is 12.0 Å². The molecular formula is C22H39N5O2Po. The van der Waals surface area contributed by atoms with Gasteiger partial charge >= 0.3 is 195 Å². The number of hydrogen-bond donors (Lipinski definition) is 2. The third-order valence-electron chi connectivity index (χ3n) is 5.33. The summed E-state index contributed by atoms with van der Waals surface area (Å²) in [6, 6.07) is 0. The van der Waals surface area contributed by atoms with Gasteiger partial charge in [0.15, 0.2) is 0 Å². The molecule has 1 saturated carbocycles. The predicted octanol–water partition coefficient (Wildman–Crippen LogP) is 3.80. The number of rotatable bonds is 15. The molecule has 170 valence electrons. The summed E-state index contributed by atoms with van der Waals surface area (Å²) in [7, 11) is 0. The first kappa shape index (κ1) is 25.6. The van der Waals surface area contributed by atoms with E-state index in [1.807, 2.05) is 13.1 Å². The zero-order valence-electron chi connectivity index (χ0n) is 19.2. The van der Waals surface area contributed by atoms with E-state index in [4.69, 9.17) is 15.2 Å². The molecule has 0 aliphatic heterocycles. The minimum absolute atomic E-state index is 0.0464. The van der Waals surface area contributed by atoms with Crippen LogP contribution >= 0.6 is 0 Å². The van der Waals surface area contributed by atoms with Crippen molar-refractivity contribution < 1.29 is 9.47 Å². The second-order valence-electron chi connectivity index (χ2n) is 8.81. The molecule has 7 nitrogen and oxygen atoms in total. The Morgan fingerprint density at radius 2 is 2.13 bits per heavy atom. The molecule has 0 spiro atoms. The molecule has 8 heteroatoms. The molecule has 1 aromatic rings. The van der Waals surface area contributed by atoms with E-state index >= 15 is 0 Å². The normalized spacial score (nSPS) is 16.8. The van der Waals surface area contributed by atoms with Crippen LogP contribution in [0.15, 0.2) is 11.3 Å². The van der Waals surface area contributed by atoms with Crippen molar-refractivity contribution in [2.45, 2.75) is 84.3 Å². The van der Waals surface area contributed by atoms with E-state index in [1.165, 1.54) is 19.2 Å². The van der Waals surface area contributed by atoms with Crippen molar-refractivity contribution in [1.82, 2.24) is 13.2 Å². The van der Waals surface area contributed by atoms with Gasteiger partial charge < -0.3 is 0 Å². The number of aryl methyl sites for hydroxylation is 1. The molecule has 3 N–H and O–H groups in total. The van der Waals surface area contributed by atoms with Crippen LogP contribution in [0.25, 0.3) is 0 Å². The molecular weight excluding hydrogens is 575 g/mol. The Hall–Kier alpha value is -0.674. The maximum absolute atomic E-state index is 6.34. The molecule has 0 radical (unpaired) electrons. The summed E-state index contributed by atoms with van der Waals surface area (Å²) in [5.74, 6) is 0.856. The number of hydrogen-bond acceptors (Lipinski definition) is 7. The Kier molecular flexibility index (Phi) is 10.6. The fourth-order valence-electron chi connectivity index (χ4n) is 3.14. The number of nitrogens with two attached hydrogens (primary N) is 1. The fourth-order valence-corrected chi connectivity index (χ4v) is 6.32. The van der Waals surface area contributed by atoms with Crippen LogP contribution in [0.1, 0.15) is 71.9 Å². The number of nitrogen functional groups attached to an aromatic ring is 1. The summed E-state index contributed by atoms with van der Waals surface area (Å²) in [6.45, 7) is 12.3. The van der Waals surface area contributed by atoms with E-state index in [2.05, 4.69) is 45.9 Å². The van der Waals surface area contributed by atoms with E-state index in [1.54, 1.807) is 0 Å². The van der Waals surface area contributed by atoms with Gasteiger partial charge in [-0.3, -0.25) is 0 Å². The molecule has 1 aliphatic rings. The number of ether oxygens (including phenoxy) is 2. The van der Waals surface area contributed by atoms with Gasteiger partial charge in [0.2, 0.25) is 0 Å². The SMILES string of the molecule is CCCOCC(C)(C)[NH][Po][CH2]OC1(CCC(C=Nc2c(C)ncnc2N)CC)CC1. The number of anilines is 1. The van der Waals surface area contributed by atoms with Crippen molar-refractivity contribution in [3.63, 3.8) is 0 Å². The van der Waals surface area contributed by atoms with Gasteiger partial charge in [0.05, 0.1) is 0 Å². The summed E-state index contributed by atoms with van der Waals surface area (Å²) in [4.78, 5) is 12.8. The maximum atomic E-state index is 6.34. The first-order valence-electron chi connectivity index (χ1n) is 11.0. The Morgan fingerprint density at radius 1 is 1.37 bits per heavy atom. The van der Waals surface area contributed by atoms with Crippen molar-refractivity contribution in [3.8, 4) is 0 Å². The molecule has 0 amide bonds. The molecule has 2 rings (SSSR count). The van der Waals surface area contributed by atoms with E-state index in [-0.39, 0.29) is 11.1 Å². The first-order valence-corrected chi connectivity index (χ1v) is 14.9. The van der Waals surface area contributed by atoms with Crippen molar-refractivity contribution in [2.24, 2.45) is 10.9 Å². The Balaban J connectivity index is 1.73. The fraction of sp³-hybridized carbons (Fsp3) is 0.773. The van der Waals surface area contributed by atoms with Gasteiger partial charge in [0.1, 0.15) is 0 Å². The molecule has 1 aromatic heterocycles. The van der Waals surface area contributed by atoms with Gasteiger partial charge in [-0.25, -0.2) is 0 Å². The van der Waals surface area contributed by atoms with Crippen LogP contribution in [0, 0.1) is 12.8 Å². The average Bonchev–Trinajstić information content (AvgIpc) is 3.47. The Bertz CT molecular complexity index is 659. The molecule has 0 saturated heterocycles. The van der Waals surface area contributed by atoms with Crippen molar-refractivity contribution >= 4 is 41.6 Å². The number of nitrogens with one attached hydrogen (secondary N) is 1. The third kappa shape index (κ3) is 8.82. The second kappa shape index (κ2) is 12.4. The number of nitrogens with zero attached hydrogens (tertiary/aromatic N) is 3. The monoisotopic (exact) mass is 614 g/mol. The van der Waals surface area contributed by atoms with Gasteiger partial charge in [0, 0.05) is 0 Å². The summed E-state index contributed by atoms with van der Waals surface area (Å²) in [6.07, 6.45) is 10.2. The zero-order chi connectivity index (χ0) is 22.0. The second-order valence-corrected chi connectivity index (χ2v) is 11.6. The molecule has 1 heterocycles. The number of aromatic nitrogens is 2. The van der Waals surface area contributed by atoms with Crippen LogP contribution < -0.4 is 8.95 Å². The van der Waals surface area contributed by atoms with Crippen molar-refractivity contribution in [2.75, 3.05) is 23.2 Å².